The fourth-order valence-corrected chi connectivity index (χ4v) is 3.13. The van der Waals surface area contributed by atoms with Gasteiger partial charge in [-0.1, -0.05) is 34.6 Å². The number of benzene rings is 1. The fraction of sp³-hybridized carbons (Fsp3) is 0.667. The van der Waals surface area contributed by atoms with E-state index >= 15 is 0 Å². The molecule has 2 nitrogen and oxygen atoms in total. The van der Waals surface area contributed by atoms with Crippen LogP contribution in [0.15, 0.2) is 18.2 Å². The molecule has 0 aliphatic carbocycles. The van der Waals surface area contributed by atoms with Crippen LogP contribution in [0.1, 0.15) is 59.1 Å². The Kier molecular flexibility index (Phi) is 7.97. The molecule has 0 bridgehead atoms. The van der Waals surface area contributed by atoms with Gasteiger partial charge in [0.05, 0.1) is 0 Å². The average Bonchev–Trinajstić information content (AvgIpc) is 2.47. The fourth-order valence-electron chi connectivity index (χ4n) is 3.13. The van der Waals surface area contributed by atoms with Crippen molar-refractivity contribution >= 4 is 0 Å². The summed E-state index contributed by atoms with van der Waals surface area (Å²) in [7, 11) is 0. The standard InChI is InChI=1S/C16H24F2N2.C2H6/c1-4-20-6-5-15(19-11(2)3)10-16(20)12-7-13(17)9-14(18)8-12;1-2/h7-9,11,15-16,19H,4-6,10H2,1-3H3;1-2H3. The molecule has 2 rings (SSSR count). The molecular formula is C18H30F2N2. The molecular weight excluding hydrogens is 282 g/mol. The lowest BCUT2D eigenvalue weighted by molar-refractivity contribution is 0.128. The predicted octanol–water partition coefficient (Wildman–Crippen LogP) is 4.51. The molecule has 1 heterocycles. The number of piperidine rings is 1. The van der Waals surface area contributed by atoms with E-state index in [1.165, 1.54) is 12.1 Å². The summed E-state index contributed by atoms with van der Waals surface area (Å²) in [6, 6.07) is 4.80. The third kappa shape index (κ3) is 5.33. The van der Waals surface area contributed by atoms with Crippen LogP contribution in [-0.2, 0) is 0 Å². The van der Waals surface area contributed by atoms with Crippen LogP contribution < -0.4 is 5.32 Å². The summed E-state index contributed by atoms with van der Waals surface area (Å²) in [6.07, 6.45) is 1.98. The molecule has 4 heteroatoms. The molecule has 0 saturated carbocycles. The molecule has 126 valence electrons. The summed E-state index contributed by atoms with van der Waals surface area (Å²) in [5, 5.41) is 3.54. The van der Waals surface area contributed by atoms with Crippen molar-refractivity contribution in [2.45, 2.75) is 65.6 Å². The minimum absolute atomic E-state index is 0.0928. The van der Waals surface area contributed by atoms with Gasteiger partial charge in [0.15, 0.2) is 0 Å². The summed E-state index contributed by atoms with van der Waals surface area (Å²) < 4.78 is 26.9. The topological polar surface area (TPSA) is 15.3 Å². The second kappa shape index (κ2) is 9.21. The number of rotatable bonds is 4. The number of halogens is 2. The van der Waals surface area contributed by atoms with E-state index < -0.39 is 11.6 Å². The van der Waals surface area contributed by atoms with E-state index in [4.69, 9.17) is 0 Å². The molecule has 1 fully saturated rings. The van der Waals surface area contributed by atoms with Crippen LogP contribution in [0, 0.1) is 11.6 Å². The van der Waals surface area contributed by atoms with E-state index in [9.17, 15) is 8.78 Å². The Bertz CT molecular complexity index is 428. The van der Waals surface area contributed by atoms with Crippen molar-refractivity contribution in [1.82, 2.24) is 10.2 Å². The molecule has 2 atom stereocenters. The van der Waals surface area contributed by atoms with Gasteiger partial charge in [0.25, 0.3) is 0 Å². The summed E-state index contributed by atoms with van der Waals surface area (Å²) in [5.74, 6) is -0.981. The van der Waals surface area contributed by atoms with Crippen LogP contribution in [-0.4, -0.2) is 30.1 Å². The zero-order valence-corrected chi connectivity index (χ0v) is 14.5. The quantitative estimate of drug-likeness (QED) is 0.879. The lowest BCUT2D eigenvalue weighted by Gasteiger charge is -2.40. The summed E-state index contributed by atoms with van der Waals surface area (Å²) in [4.78, 5) is 2.30. The van der Waals surface area contributed by atoms with Gasteiger partial charge in [-0.25, -0.2) is 8.78 Å². The van der Waals surface area contributed by atoms with Gasteiger partial charge in [-0.2, -0.15) is 0 Å². The normalized spacial score (nSPS) is 22.4. The number of nitrogens with zero attached hydrogens (tertiary/aromatic N) is 1. The first-order chi connectivity index (χ1) is 10.5. The molecule has 0 radical (unpaired) electrons. The van der Waals surface area contributed by atoms with Crippen LogP contribution >= 0.6 is 0 Å². The Hall–Kier alpha value is -1.00. The maximum atomic E-state index is 13.4. The van der Waals surface area contributed by atoms with Crippen molar-refractivity contribution in [2.24, 2.45) is 0 Å². The minimum atomic E-state index is -0.491. The highest BCUT2D eigenvalue weighted by Gasteiger charge is 2.29. The zero-order chi connectivity index (χ0) is 16.7. The van der Waals surface area contributed by atoms with Crippen molar-refractivity contribution in [3.8, 4) is 0 Å². The van der Waals surface area contributed by atoms with Gasteiger partial charge in [-0.05, 0) is 37.1 Å². The second-order valence-electron chi connectivity index (χ2n) is 5.89. The first kappa shape index (κ1) is 19.0. The van der Waals surface area contributed by atoms with E-state index in [0.717, 1.165) is 37.6 Å². The Balaban J connectivity index is 0.00000116. The highest BCUT2D eigenvalue weighted by atomic mass is 19.1. The lowest BCUT2D eigenvalue weighted by Crippen LogP contribution is -2.46. The van der Waals surface area contributed by atoms with Crippen molar-refractivity contribution in [3.63, 3.8) is 0 Å². The van der Waals surface area contributed by atoms with Crippen LogP contribution in [0.3, 0.4) is 0 Å². The van der Waals surface area contributed by atoms with E-state index in [1.54, 1.807) is 0 Å². The number of likely N-dealkylation sites (tertiary alicyclic amines) is 1. The van der Waals surface area contributed by atoms with E-state index in [1.807, 2.05) is 13.8 Å². The van der Waals surface area contributed by atoms with Gasteiger partial charge in [0.1, 0.15) is 11.6 Å². The molecule has 1 N–H and O–H groups in total. The van der Waals surface area contributed by atoms with Gasteiger partial charge >= 0.3 is 0 Å². The summed E-state index contributed by atoms with van der Waals surface area (Å²) in [6.45, 7) is 12.2. The van der Waals surface area contributed by atoms with E-state index in [-0.39, 0.29) is 6.04 Å². The molecule has 0 spiro atoms. The third-order valence-corrected chi connectivity index (χ3v) is 3.96. The third-order valence-electron chi connectivity index (χ3n) is 3.96. The molecule has 22 heavy (non-hydrogen) atoms. The van der Waals surface area contributed by atoms with Crippen molar-refractivity contribution < 1.29 is 8.78 Å². The van der Waals surface area contributed by atoms with Gasteiger partial charge in [-0.15, -0.1) is 0 Å². The Morgan fingerprint density at radius 3 is 2.27 bits per heavy atom. The first-order valence-electron chi connectivity index (χ1n) is 8.45. The predicted molar refractivity (Wildman–Crippen MR) is 89.0 cm³/mol. The Morgan fingerprint density at radius 2 is 1.77 bits per heavy atom. The maximum absolute atomic E-state index is 13.4. The lowest BCUT2D eigenvalue weighted by atomic mass is 9.91. The average molecular weight is 312 g/mol. The summed E-state index contributed by atoms with van der Waals surface area (Å²) in [5.41, 5.74) is 0.750. The molecule has 1 aromatic rings. The first-order valence-corrected chi connectivity index (χ1v) is 8.45. The van der Waals surface area contributed by atoms with Crippen molar-refractivity contribution in [2.75, 3.05) is 13.1 Å². The SMILES string of the molecule is CC.CCN1CCC(NC(C)C)CC1c1cc(F)cc(F)c1. The van der Waals surface area contributed by atoms with Crippen molar-refractivity contribution in [1.29, 1.82) is 0 Å². The summed E-state index contributed by atoms with van der Waals surface area (Å²) >= 11 is 0. The number of nitrogens with one attached hydrogen (secondary N) is 1. The highest BCUT2D eigenvalue weighted by Crippen LogP contribution is 2.31. The van der Waals surface area contributed by atoms with E-state index in [0.29, 0.717) is 12.1 Å². The minimum Gasteiger partial charge on any atom is -0.312 e. The molecule has 1 aliphatic rings. The van der Waals surface area contributed by atoms with Gasteiger partial charge < -0.3 is 5.32 Å². The zero-order valence-electron chi connectivity index (χ0n) is 14.5. The largest absolute Gasteiger partial charge is 0.312 e. The smallest absolute Gasteiger partial charge is 0.126 e. The van der Waals surface area contributed by atoms with E-state index in [2.05, 4.69) is 31.0 Å². The second-order valence-corrected chi connectivity index (χ2v) is 5.89. The molecule has 0 aromatic heterocycles. The number of hydrogen-bond donors (Lipinski definition) is 1. The molecule has 1 aliphatic heterocycles. The number of hydrogen-bond acceptors (Lipinski definition) is 2. The molecule has 0 amide bonds. The van der Waals surface area contributed by atoms with Gasteiger partial charge in [0.2, 0.25) is 0 Å². The van der Waals surface area contributed by atoms with Gasteiger partial charge in [-0.3, -0.25) is 4.90 Å². The maximum Gasteiger partial charge on any atom is 0.126 e. The van der Waals surface area contributed by atoms with Crippen LogP contribution in [0.2, 0.25) is 0 Å². The molecule has 1 aromatic carbocycles. The van der Waals surface area contributed by atoms with Gasteiger partial charge in [0, 0.05) is 30.7 Å². The van der Waals surface area contributed by atoms with Crippen LogP contribution in [0.5, 0.6) is 0 Å². The van der Waals surface area contributed by atoms with Crippen LogP contribution in [0.25, 0.3) is 0 Å². The Labute approximate surface area is 133 Å². The van der Waals surface area contributed by atoms with Crippen LogP contribution in [0.4, 0.5) is 8.78 Å². The Morgan fingerprint density at radius 1 is 1.18 bits per heavy atom. The van der Waals surface area contributed by atoms with Crippen molar-refractivity contribution in [3.05, 3.63) is 35.4 Å². The molecule has 2 unspecified atom stereocenters. The highest BCUT2D eigenvalue weighted by molar-refractivity contribution is 5.22. The monoisotopic (exact) mass is 312 g/mol. The molecule has 1 saturated heterocycles.